The number of benzene rings is 1. The van der Waals surface area contributed by atoms with Crippen molar-refractivity contribution in [2.75, 3.05) is 7.11 Å². The molecule has 2 aliphatic rings. The van der Waals surface area contributed by atoms with Crippen LogP contribution in [0.3, 0.4) is 0 Å². The van der Waals surface area contributed by atoms with Crippen molar-refractivity contribution in [2.45, 2.75) is 44.9 Å². The quantitative estimate of drug-likeness (QED) is 0.916. The number of ether oxygens (including phenoxy) is 1. The summed E-state index contributed by atoms with van der Waals surface area (Å²) in [5.74, 6) is 1.70. The summed E-state index contributed by atoms with van der Waals surface area (Å²) < 4.78 is 5.29. The SMILES string of the molecule is COc1cccc(C2NC(C)C(=O)N2C(C)C2CC2)c1. The van der Waals surface area contributed by atoms with Crippen LogP contribution in [0.1, 0.15) is 38.4 Å². The number of hydrogen-bond acceptors (Lipinski definition) is 3. The third-order valence-electron chi connectivity index (χ3n) is 4.46. The summed E-state index contributed by atoms with van der Waals surface area (Å²) in [5.41, 5.74) is 1.09. The molecule has 1 saturated carbocycles. The number of carbonyl (C=O) groups is 1. The monoisotopic (exact) mass is 274 g/mol. The van der Waals surface area contributed by atoms with Gasteiger partial charge in [-0.25, -0.2) is 0 Å². The molecule has 0 spiro atoms. The summed E-state index contributed by atoms with van der Waals surface area (Å²) in [6.45, 7) is 4.11. The molecule has 1 aromatic carbocycles. The van der Waals surface area contributed by atoms with E-state index in [0.29, 0.717) is 12.0 Å². The van der Waals surface area contributed by atoms with E-state index in [2.05, 4.69) is 18.3 Å². The Hall–Kier alpha value is -1.55. The topological polar surface area (TPSA) is 41.6 Å². The zero-order valence-electron chi connectivity index (χ0n) is 12.3. The lowest BCUT2D eigenvalue weighted by molar-refractivity contribution is -0.132. The minimum atomic E-state index is -0.118. The Morgan fingerprint density at radius 2 is 2.15 bits per heavy atom. The van der Waals surface area contributed by atoms with Crippen LogP contribution in [0.4, 0.5) is 0 Å². The van der Waals surface area contributed by atoms with Gasteiger partial charge in [-0.15, -0.1) is 0 Å². The molecule has 108 valence electrons. The molecule has 1 aliphatic heterocycles. The fraction of sp³-hybridized carbons (Fsp3) is 0.562. The normalized spacial score (nSPS) is 27.8. The zero-order valence-corrected chi connectivity index (χ0v) is 12.3. The average Bonchev–Trinajstić information content (AvgIpc) is 3.26. The number of nitrogens with one attached hydrogen (secondary N) is 1. The molecule has 4 nitrogen and oxygen atoms in total. The Morgan fingerprint density at radius 1 is 1.40 bits per heavy atom. The van der Waals surface area contributed by atoms with Crippen LogP contribution in [0.25, 0.3) is 0 Å². The molecule has 1 amide bonds. The van der Waals surface area contributed by atoms with Crippen molar-refractivity contribution in [2.24, 2.45) is 5.92 Å². The number of carbonyl (C=O) groups excluding carboxylic acids is 1. The van der Waals surface area contributed by atoms with Gasteiger partial charge in [0, 0.05) is 6.04 Å². The van der Waals surface area contributed by atoms with E-state index in [1.54, 1.807) is 7.11 Å². The second-order valence-electron chi connectivity index (χ2n) is 5.89. The van der Waals surface area contributed by atoms with Gasteiger partial charge in [0.05, 0.1) is 13.2 Å². The Morgan fingerprint density at radius 3 is 2.80 bits per heavy atom. The van der Waals surface area contributed by atoms with E-state index in [-0.39, 0.29) is 18.1 Å². The molecule has 1 heterocycles. The van der Waals surface area contributed by atoms with Crippen LogP contribution >= 0.6 is 0 Å². The van der Waals surface area contributed by atoms with Crippen LogP contribution in [-0.4, -0.2) is 30.0 Å². The second kappa shape index (κ2) is 5.09. The lowest BCUT2D eigenvalue weighted by Gasteiger charge is -2.31. The van der Waals surface area contributed by atoms with E-state index in [9.17, 15) is 4.79 Å². The molecular formula is C16H22N2O2. The first-order valence-electron chi connectivity index (χ1n) is 7.34. The van der Waals surface area contributed by atoms with Gasteiger partial charge < -0.3 is 9.64 Å². The molecule has 1 saturated heterocycles. The summed E-state index contributed by atoms with van der Waals surface area (Å²) in [4.78, 5) is 14.5. The minimum Gasteiger partial charge on any atom is -0.497 e. The molecule has 20 heavy (non-hydrogen) atoms. The molecule has 3 unspecified atom stereocenters. The molecule has 0 aromatic heterocycles. The highest BCUT2D eigenvalue weighted by atomic mass is 16.5. The van der Waals surface area contributed by atoms with Crippen molar-refractivity contribution in [1.29, 1.82) is 0 Å². The molecule has 1 aliphatic carbocycles. The van der Waals surface area contributed by atoms with Crippen LogP contribution in [0.15, 0.2) is 24.3 Å². The van der Waals surface area contributed by atoms with Crippen molar-refractivity contribution in [3.63, 3.8) is 0 Å². The van der Waals surface area contributed by atoms with Gasteiger partial charge in [0.1, 0.15) is 11.9 Å². The second-order valence-corrected chi connectivity index (χ2v) is 5.89. The van der Waals surface area contributed by atoms with Gasteiger partial charge >= 0.3 is 0 Å². The first-order valence-corrected chi connectivity index (χ1v) is 7.34. The van der Waals surface area contributed by atoms with Gasteiger partial charge in [-0.05, 0) is 50.3 Å². The largest absolute Gasteiger partial charge is 0.497 e. The zero-order chi connectivity index (χ0) is 14.3. The van der Waals surface area contributed by atoms with Crippen LogP contribution < -0.4 is 10.1 Å². The maximum absolute atomic E-state index is 12.4. The summed E-state index contributed by atoms with van der Waals surface area (Å²) in [6.07, 6.45) is 2.44. The van der Waals surface area contributed by atoms with Crippen LogP contribution in [0.5, 0.6) is 5.75 Å². The smallest absolute Gasteiger partial charge is 0.241 e. The Bertz CT molecular complexity index is 513. The Kier molecular flexibility index (Phi) is 3.42. The van der Waals surface area contributed by atoms with Crippen LogP contribution in [0.2, 0.25) is 0 Å². The molecule has 1 aromatic rings. The number of nitrogens with zero attached hydrogens (tertiary/aromatic N) is 1. The van der Waals surface area contributed by atoms with Gasteiger partial charge in [-0.3, -0.25) is 10.1 Å². The molecule has 0 radical (unpaired) electrons. The number of methoxy groups -OCH3 is 1. The van der Waals surface area contributed by atoms with Crippen molar-refractivity contribution in [1.82, 2.24) is 10.2 Å². The molecule has 1 N–H and O–H groups in total. The highest BCUT2D eigenvalue weighted by Gasteiger charge is 2.44. The standard InChI is InChI=1S/C16H22N2O2/c1-10-16(19)18(11(2)12-7-8-12)15(17-10)13-5-4-6-14(9-13)20-3/h4-6,9-12,15,17H,7-8H2,1-3H3. The lowest BCUT2D eigenvalue weighted by atomic mass is 10.1. The third kappa shape index (κ3) is 2.29. The van der Waals surface area contributed by atoms with Crippen molar-refractivity contribution < 1.29 is 9.53 Å². The van der Waals surface area contributed by atoms with Crippen molar-refractivity contribution >= 4 is 5.91 Å². The van der Waals surface area contributed by atoms with Crippen LogP contribution in [-0.2, 0) is 4.79 Å². The Labute approximate surface area is 120 Å². The van der Waals surface area contributed by atoms with Crippen LogP contribution in [0, 0.1) is 5.92 Å². The Balaban J connectivity index is 1.90. The summed E-state index contributed by atoms with van der Waals surface area (Å²) >= 11 is 0. The lowest BCUT2D eigenvalue weighted by Crippen LogP contribution is -2.39. The fourth-order valence-electron chi connectivity index (χ4n) is 3.05. The van der Waals surface area contributed by atoms with Gasteiger partial charge in [-0.1, -0.05) is 12.1 Å². The van der Waals surface area contributed by atoms with Gasteiger partial charge in [0.2, 0.25) is 5.91 Å². The fourth-order valence-corrected chi connectivity index (χ4v) is 3.05. The van der Waals surface area contributed by atoms with E-state index >= 15 is 0 Å². The van der Waals surface area contributed by atoms with E-state index in [4.69, 9.17) is 4.74 Å². The van der Waals surface area contributed by atoms with Crippen molar-refractivity contribution in [3.05, 3.63) is 29.8 Å². The minimum absolute atomic E-state index is 0.0387. The molecule has 2 fully saturated rings. The summed E-state index contributed by atoms with van der Waals surface area (Å²) in [7, 11) is 1.67. The maximum atomic E-state index is 12.4. The predicted molar refractivity (Wildman–Crippen MR) is 77.4 cm³/mol. The number of rotatable bonds is 4. The molecule has 0 bridgehead atoms. The maximum Gasteiger partial charge on any atom is 0.241 e. The predicted octanol–water partition coefficient (Wildman–Crippen LogP) is 2.31. The molecular weight excluding hydrogens is 252 g/mol. The van der Waals surface area contributed by atoms with E-state index in [1.807, 2.05) is 30.0 Å². The van der Waals surface area contributed by atoms with Gasteiger partial charge in [0.15, 0.2) is 0 Å². The van der Waals surface area contributed by atoms with Crippen molar-refractivity contribution in [3.8, 4) is 5.75 Å². The molecule has 3 rings (SSSR count). The molecule has 3 atom stereocenters. The average molecular weight is 274 g/mol. The number of hydrogen-bond donors (Lipinski definition) is 1. The van der Waals surface area contributed by atoms with Gasteiger partial charge in [0.25, 0.3) is 0 Å². The number of amides is 1. The highest BCUT2D eigenvalue weighted by molar-refractivity contribution is 5.84. The third-order valence-corrected chi connectivity index (χ3v) is 4.46. The molecule has 4 heteroatoms. The first-order chi connectivity index (χ1) is 9.61. The van der Waals surface area contributed by atoms with E-state index < -0.39 is 0 Å². The van der Waals surface area contributed by atoms with Gasteiger partial charge in [-0.2, -0.15) is 0 Å². The van der Waals surface area contributed by atoms with E-state index in [0.717, 1.165) is 11.3 Å². The summed E-state index contributed by atoms with van der Waals surface area (Å²) in [6, 6.07) is 8.15. The highest BCUT2D eigenvalue weighted by Crippen LogP contribution is 2.40. The summed E-state index contributed by atoms with van der Waals surface area (Å²) in [5, 5.41) is 3.41. The first kappa shape index (κ1) is 13.4. The van der Waals surface area contributed by atoms with E-state index in [1.165, 1.54) is 12.8 Å².